The number of phenolic OH excluding ortho intramolecular Hbond substituents is 1. The summed E-state index contributed by atoms with van der Waals surface area (Å²) < 4.78 is 16.5. The molecule has 0 bridgehead atoms. The van der Waals surface area contributed by atoms with Crippen LogP contribution in [0.4, 0.5) is 0 Å². The molecule has 0 radical (unpaired) electrons. The molecule has 0 fully saturated rings. The molecular formula is C19H22O5. The number of ether oxygens (including phenoxy) is 3. The number of aliphatic hydroxyl groups excluding tert-OH is 1. The number of phenols is 1. The van der Waals surface area contributed by atoms with Gasteiger partial charge in [-0.1, -0.05) is 30.3 Å². The molecule has 24 heavy (non-hydrogen) atoms. The first-order valence-electron chi connectivity index (χ1n) is 8.06. The number of benzene rings is 2. The Morgan fingerprint density at radius 3 is 2.79 bits per heavy atom. The molecule has 0 saturated carbocycles. The summed E-state index contributed by atoms with van der Waals surface area (Å²) in [6, 6.07) is 11.5. The maximum atomic E-state index is 10.2. The topological polar surface area (TPSA) is 68.2 Å². The van der Waals surface area contributed by atoms with Crippen molar-refractivity contribution in [2.75, 3.05) is 20.3 Å². The van der Waals surface area contributed by atoms with Crippen molar-refractivity contribution in [3.8, 4) is 17.2 Å². The van der Waals surface area contributed by atoms with E-state index in [9.17, 15) is 10.2 Å². The Balaban J connectivity index is 1.60. The minimum absolute atomic E-state index is 0.128. The summed E-state index contributed by atoms with van der Waals surface area (Å²) in [5.74, 6) is 1.13. The molecule has 0 aliphatic carbocycles. The van der Waals surface area contributed by atoms with E-state index in [4.69, 9.17) is 14.2 Å². The van der Waals surface area contributed by atoms with Crippen LogP contribution in [0, 0.1) is 0 Å². The standard InChI is InChI=1S/C19H22O5/c1-22-19-14(15(20)10-17-18(19)16(21)12-24-17)8-5-9-23-11-13-6-3-2-4-7-13/h2-4,6-7,10,16,20-21H,5,8-9,11-12H2,1H3. The monoisotopic (exact) mass is 330 g/mol. The molecule has 5 nitrogen and oxygen atoms in total. The van der Waals surface area contributed by atoms with Gasteiger partial charge in [-0.3, -0.25) is 0 Å². The van der Waals surface area contributed by atoms with Crippen molar-refractivity contribution >= 4 is 0 Å². The molecule has 128 valence electrons. The zero-order valence-corrected chi connectivity index (χ0v) is 13.7. The molecule has 2 N–H and O–H groups in total. The highest BCUT2D eigenvalue weighted by molar-refractivity contribution is 5.59. The Bertz CT molecular complexity index is 684. The van der Waals surface area contributed by atoms with E-state index in [0.29, 0.717) is 42.3 Å². The van der Waals surface area contributed by atoms with Crippen LogP contribution in [-0.4, -0.2) is 30.5 Å². The van der Waals surface area contributed by atoms with E-state index >= 15 is 0 Å². The normalized spacial score (nSPS) is 15.8. The second kappa shape index (κ2) is 7.55. The first-order chi connectivity index (χ1) is 11.7. The van der Waals surface area contributed by atoms with Crippen LogP contribution in [0.1, 0.15) is 29.2 Å². The van der Waals surface area contributed by atoms with Gasteiger partial charge in [-0.25, -0.2) is 0 Å². The van der Waals surface area contributed by atoms with E-state index in [1.807, 2.05) is 30.3 Å². The van der Waals surface area contributed by atoms with Gasteiger partial charge in [0.2, 0.25) is 0 Å². The molecule has 1 atom stereocenters. The predicted molar refractivity (Wildman–Crippen MR) is 89.5 cm³/mol. The molecule has 0 amide bonds. The number of rotatable bonds is 7. The van der Waals surface area contributed by atoms with Crippen molar-refractivity contribution in [2.24, 2.45) is 0 Å². The smallest absolute Gasteiger partial charge is 0.135 e. The van der Waals surface area contributed by atoms with Gasteiger partial charge in [0.25, 0.3) is 0 Å². The lowest BCUT2D eigenvalue weighted by molar-refractivity contribution is 0.118. The second-order valence-electron chi connectivity index (χ2n) is 5.79. The lowest BCUT2D eigenvalue weighted by atomic mass is 10.0. The highest BCUT2D eigenvalue weighted by atomic mass is 16.5. The Morgan fingerprint density at radius 2 is 2.04 bits per heavy atom. The highest BCUT2D eigenvalue weighted by Crippen LogP contribution is 2.45. The van der Waals surface area contributed by atoms with E-state index in [0.717, 1.165) is 12.0 Å². The zero-order valence-electron chi connectivity index (χ0n) is 13.7. The third-order valence-corrected chi connectivity index (χ3v) is 4.12. The molecule has 0 saturated heterocycles. The summed E-state index contributed by atoms with van der Waals surface area (Å²) in [5.41, 5.74) is 2.44. The maximum absolute atomic E-state index is 10.2. The minimum Gasteiger partial charge on any atom is -0.507 e. The average molecular weight is 330 g/mol. The van der Waals surface area contributed by atoms with Crippen LogP contribution >= 0.6 is 0 Å². The first-order valence-corrected chi connectivity index (χ1v) is 8.06. The quantitative estimate of drug-likeness (QED) is 0.764. The van der Waals surface area contributed by atoms with Crippen LogP contribution in [0.3, 0.4) is 0 Å². The van der Waals surface area contributed by atoms with Crippen LogP contribution in [-0.2, 0) is 17.8 Å². The fraction of sp³-hybridized carbons (Fsp3) is 0.368. The highest BCUT2D eigenvalue weighted by Gasteiger charge is 2.30. The Morgan fingerprint density at radius 1 is 1.25 bits per heavy atom. The maximum Gasteiger partial charge on any atom is 0.135 e. The number of hydrogen-bond donors (Lipinski definition) is 2. The molecule has 1 heterocycles. The SMILES string of the molecule is COc1c(CCCOCc2ccccc2)c(O)cc2c1C(O)CO2. The van der Waals surface area contributed by atoms with Crippen LogP contribution in [0.2, 0.25) is 0 Å². The van der Waals surface area contributed by atoms with Crippen molar-refractivity contribution in [1.82, 2.24) is 0 Å². The largest absolute Gasteiger partial charge is 0.507 e. The molecule has 0 aromatic heterocycles. The van der Waals surface area contributed by atoms with Gasteiger partial charge in [0.15, 0.2) is 0 Å². The minimum atomic E-state index is -0.719. The summed E-state index contributed by atoms with van der Waals surface area (Å²) in [6.07, 6.45) is 0.625. The first kappa shape index (κ1) is 16.6. The number of aromatic hydroxyl groups is 1. The molecule has 0 spiro atoms. The summed E-state index contributed by atoms with van der Waals surface area (Å²) in [4.78, 5) is 0. The second-order valence-corrected chi connectivity index (χ2v) is 5.79. The third kappa shape index (κ3) is 3.47. The lowest BCUT2D eigenvalue weighted by Crippen LogP contribution is -2.03. The lowest BCUT2D eigenvalue weighted by Gasteiger charge is -2.15. The summed E-state index contributed by atoms with van der Waals surface area (Å²) in [6.45, 7) is 1.34. The number of fused-ring (bicyclic) bond motifs is 1. The number of methoxy groups -OCH3 is 1. The fourth-order valence-corrected chi connectivity index (χ4v) is 2.96. The zero-order chi connectivity index (χ0) is 16.9. The van der Waals surface area contributed by atoms with Crippen molar-refractivity contribution in [3.05, 3.63) is 53.1 Å². The molecule has 1 aliphatic rings. The van der Waals surface area contributed by atoms with Gasteiger partial charge in [-0.2, -0.15) is 0 Å². The summed E-state index contributed by atoms with van der Waals surface area (Å²) in [7, 11) is 1.54. The van der Waals surface area contributed by atoms with Gasteiger partial charge in [0.1, 0.15) is 30.0 Å². The Labute approximate surface area is 141 Å². The summed E-state index contributed by atoms with van der Waals surface area (Å²) >= 11 is 0. The van der Waals surface area contributed by atoms with Gasteiger partial charge in [0.05, 0.1) is 19.3 Å². The molecule has 2 aromatic rings. The van der Waals surface area contributed by atoms with Crippen molar-refractivity contribution in [2.45, 2.75) is 25.6 Å². The third-order valence-electron chi connectivity index (χ3n) is 4.12. The van der Waals surface area contributed by atoms with E-state index in [1.165, 1.54) is 7.11 Å². The van der Waals surface area contributed by atoms with Crippen LogP contribution in [0.15, 0.2) is 36.4 Å². The molecule has 1 aliphatic heterocycles. The van der Waals surface area contributed by atoms with Gasteiger partial charge in [-0.15, -0.1) is 0 Å². The Kier molecular flexibility index (Phi) is 5.23. The molecule has 3 rings (SSSR count). The van der Waals surface area contributed by atoms with E-state index in [-0.39, 0.29) is 12.4 Å². The molecule has 2 aromatic carbocycles. The molecule has 1 unspecified atom stereocenters. The molecular weight excluding hydrogens is 308 g/mol. The van der Waals surface area contributed by atoms with Gasteiger partial charge in [-0.05, 0) is 18.4 Å². The van der Waals surface area contributed by atoms with Crippen molar-refractivity contribution < 1.29 is 24.4 Å². The van der Waals surface area contributed by atoms with Gasteiger partial charge in [0, 0.05) is 18.2 Å². The fourth-order valence-electron chi connectivity index (χ4n) is 2.96. The predicted octanol–water partition coefficient (Wildman–Crippen LogP) is 2.98. The van der Waals surface area contributed by atoms with E-state index in [1.54, 1.807) is 6.07 Å². The van der Waals surface area contributed by atoms with E-state index < -0.39 is 6.10 Å². The van der Waals surface area contributed by atoms with Gasteiger partial charge >= 0.3 is 0 Å². The average Bonchev–Trinajstić information content (AvgIpc) is 2.96. The van der Waals surface area contributed by atoms with Gasteiger partial charge < -0.3 is 24.4 Å². The van der Waals surface area contributed by atoms with E-state index in [2.05, 4.69) is 0 Å². The van der Waals surface area contributed by atoms with Crippen LogP contribution in [0.25, 0.3) is 0 Å². The number of hydrogen-bond acceptors (Lipinski definition) is 5. The van der Waals surface area contributed by atoms with Crippen molar-refractivity contribution in [1.29, 1.82) is 0 Å². The number of aliphatic hydroxyl groups is 1. The summed E-state index contributed by atoms with van der Waals surface area (Å²) in [5, 5.41) is 20.3. The Hall–Kier alpha value is -2.24. The van der Waals surface area contributed by atoms with Crippen molar-refractivity contribution in [3.63, 3.8) is 0 Å². The van der Waals surface area contributed by atoms with Crippen LogP contribution in [0.5, 0.6) is 17.2 Å². The molecule has 5 heteroatoms. The van der Waals surface area contributed by atoms with Crippen LogP contribution < -0.4 is 9.47 Å².